The SMILES string of the molecule is Cc1nn(-c2ccccc2)nc1C(=O)OCC(=O)N1CCc2ccccc2C1. The maximum Gasteiger partial charge on any atom is 0.361 e. The van der Waals surface area contributed by atoms with Gasteiger partial charge in [-0.3, -0.25) is 4.79 Å². The van der Waals surface area contributed by atoms with Crippen LogP contribution in [0.15, 0.2) is 54.6 Å². The lowest BCUT2D eigenvalue weighted by Crippen LogP contribution is -2.38. The Labute approximate surface area is 162 Å². The minimum absolute atomic E-state index is 0.112. The second-order valence-electron chi connectivity index (χ2n) is 6.67. The number of aromatic nitrogens is 3. The Balaban J connectivity index is 1.38. The molecule has 142 valence electrons. The van der Waals surface area contributed by atoms with Crippen LogP contribution in [0.3, 0.4) is 0 Å². The van der Waals surface area contributed by atoms with Gasteiger partial charge in [0.25, 0.3) is 5.91 Å². The Morgan fingerprint density at radius 1 is 1.00 bits per heavy atom. The molecular weight excluding hydrogens is 356 g/mol. The molecule has 0 aliphatic carbocycles. The van der Waals surface area contributed by atoms with Crippen molar-refractivity contribution in [3.8, 4) is 5.69 Å². The summed E-state index contributed by atoms with van der Waals surface area (Å²) >= 11 is 0. The van der Waals surface area contributed by atoms with Gasteiger partial charge in [-0.25, -0.2) is 4.79 Å². The molecule has 7 heteroatoms. The highest BCUT2D eigenvalue weighted by Crippen LogP contribution is 2.18. The molecule has 1 aliphatic heterocycles. The first kappa shape index (κ1) is 17.9. The van der Waals surface area contributed by atoms with Crippen molar-refractivity contribution in [2.75, 3.05) is 13.2 Å². The normalized spacial score (nSPS) is 13.1. The summed E-state index contributed by atoms with van der Waals surface area (Å²) in [4.78, 5) is 27.9. The lowest BCUT2D eigenvalue weighted by molar-refractivity contribution is -0.135. The first-order chi connectivity index (χ1) is 13.6. The molecule has 4 rings (SSSR count). The molecule has 3 aromatic rings. The molecule has 1 aliphatic rings. The number of esters is 1. The minimum Gasteiger partial charge on any atom is -0.451 e. The van der Waals surface area contributed by atoms with E-state index in [0.717, 1.165) is 17.7 Å². The van der Waals surface area contributed by atoms with Crippen LogP contribution in [-0.2, 0) is 22.5 Å². The van der Waals surface area contributed by atoms with E-state index in [1.54, 1.807) is 11.8 Å². The largest absolute Gasteiger partial charge is 0.451 e. The Morgan fingerprint density at radius 2 is 1.71 bits per heavy atom. The van der Waals surface area contributed by atoms with E-state index < -0.39 is 5.97 Å². The highest BCUT2D eigenvalue weighted by Gasteiger charge is 2.23. The summed E-state index contributed by atoms with van der Waals surface area (Å²) in [6, 6.07) is 17.4. The van der Waals surface area contributed by atoms with Gasteiger partial charge in [-0.1, -0.05) is 42.5 Å². The zero-order chi connectivity index (χ0) is 19.5. The van der Waals surface area contributed by atoms with Crippen LogP contribution in [0, 0.1) is 6.92 Å². The molecule has 2 heterocycles. The lowest BCUT2D eigenvalue weighted by atomic mass is 10.00. The van der Waals surface area contributed by atoms with Gasteiger partial charge in [0.05, 0.1) is 11.4 Å². The fourth-order valence-corrected chi connectivity index (χ4v) is 3.24. The van der Waals surface area contributed by atoms with E-state index in [1.807, 2.05) is 48.5 Å². The van der Waals surface area contributed by atoms with E-state index in [1.165, 1.54) is 10.4 Å². The van der Waals surface area contributed by atoms with Crippen LogP contribution >= 0.6 is 0 Å². The van der Waals surface area contributed by atoms with Gasteiger partial charge in [0.15, 0.2) is 12.3 Å². The Morgan fingerprint density at radius 3 is 2.50 bits per heavy atom. The number of ether oxygens (including phenoxy) is 1. The Hall–Kier alpha value is -3.48. The van der Waals surface area contributed by atoms with Crippen LogP contribution in [0.2, 0.25) is 0 Å². The van der Waals surface area contributed by atoms with Crippen molar-refractivity contribution in [1.82, 2.24) is 19.9 Å². The van der Waals surface area contributed by atoms with E-state index in [2.05, 4.69) is 16.3 Å². The van der Waals surface area contributed by atoms with Crippen LogP contribution in [-0.4, -0.2) is 44.9 Å². The molecule has 1 aromatic heterocycles. The summed E-state index contributed by atoms with van der Waals surface area (Å²) in [5, 5.41) is 8.46. The molecule has 1 amide bonds. The van der Waals surface area contributed by atoms with E-state index in [9.17, 15) is 9.59 Å². The van der Waals surface area contributed by atoms with Crippen molar-refractivity contribution in [2.45, 2.75) is 19.9 Å². The number of hydrogen-bond donors (Lipinski definition) is 0. The van der Waals surface area contributed by atoms with E-state index in [-0.39, 0.29) is 18.2 Å². The smallest absolute Gasteiger partial charge is 0.361 e. The predicted molar refractivity (Wildman–Crippen MR) is 102 cm³/mol. The summed E-state index contributed by atoms with van der Waals surface area (Å²) in [7, 11) is 0. The number of amides is 1. The van der Waals surface area contributed by atoms with Gasteiger partial charge in [0.1, 0.15) is 0 Å². The van der Waals surface area contributed by atoms with Crippen molar-refractivity contribution < 1.29 is 14.3 Å². The van der Waals surface area contributed by atoms with Gasteiger partial charge in [-0.2, -0.15) is 9.90 Å². The maximum atomic E-state index is 12.5. The third-order valence-corrected chi connectivity index (χ3v) is 4.77. The first-order valence-electron chi connectivity index (χ1n) is 9.13. The number of fused-ring (bicyclic) bond motifs is 1. The van der Waals surface area contributed by atoms with Gasteiger partial charge >= 0.3 is 5.97 Å². The molecule has 0 saturated carbocycles. The van der Waals surface area contributed by atoms with E-state index in [0.29, 0.717) is 18.8 Å². The highest BCUT2D eigenvalue weighted by molar-refractivity contribution is 5.90. The summed E-state index contributed by atoms with van der Waals surface area (Å²) in [6.45, 7) is 2.54. The molecule has 0 spiro atoms. The molecular formula is C21H20N4O3. The molecule has 0 bridgehead atoms. The summed E-state index contributed by atoms with van der Waals surface area (Å²) in [5.74, 6) is -0.860. The zero-order valence-electron chi connectivity index (χ0n) is 15.5. The predicted octanol–water partition coefficient (Wildman–Crippen LogP) is 2.32. The Kier molecular flexibility index (Phi) is 4.89. The molecule has 0 saturated heterocycles. The fourth-order valence-electron chi connectivity index (χ4n) is 3.24. The first-order valence-corrected chi connectivity index (χ1v) is 9.13. The number of rotatable bonds is 4. The molecule has 28 heavy (non-hydrogen) atoms. The number of benzene rings is 2. The van der Waals surface area contributed by atoms with Crippen LogP contribution in [0.4, 0.5) is 0 Å². The van der Waals surface area contributed by atoms with Crippen molar-refractivity contribution in [3.63, 3.8) is 0 Å². The van der Waals surface area contributed by atoms with Crippen LogP contribution in [0.25, 0.3) is 5.69 Å². The van der Waals surface area contributed by atoms with Gasteiger partial charge in [0, 0.05) is 13.1 Å². The maximum absolute atomic E-state index is 12.5. The zero-order valence-corrected chi connectivity index (χ0v) is 15.5. The number of carbonyl (C=O) groups excluding carboxylic acids is 2. The quantitative estimate of drug-likeness (QED) is 0.653. The average molecular weight is 376 g/mol. The molecule has 0 atom stereocenters. The van der Waals surface area contributed by atoms with Crippen LogP contribution in [0.1, 0.15) is 27.3 Å². The van der Waals surface area contributed by atoms with E-state index >= 15 is 0 Å². The van der Waals surface area contributed by atoms with Crippen molar-refractivity contribution in [2.24, 2.45) is 0 Å². The second kappa shape index (κ2) is 7.64. The van der Waals surface area contributed by atoms with Crippen molar-refractivity contribution >= 4 is 11.9 Å². The molecule has 0 unspecified atom stereocenters. The van der Waals surface area contributed by atoms with E-state index in [4.69, 9.17) is 4.74 Å². The Bertz CT molecular complexity index is 1010. The summed E-state index contributed by atoms with van der Waals surface area (Å²) in [5.41, 5.74) is 3.70. The fraction of sp³-hybridized carbons (Fsp3) is 0.238. The molecule has 7 nitrogen and oxygen atoms in total. The molecule has 0 radical (unpaired) electrons. The van der Waals surface area contributed by atoms with Crippen molar-refractivity contribution in [3.05, 3.63) is 77.1 Å². The number of hydrogen-bond acceptors (Lipinski definition) is 5. The van der Waals surface area contributed by atoms with Gasteiger partial charge in [-0.15, -0.1) is 5.10 Å². The second-order valence-corrected chi connectivity index (χ2v) is 6.67. The molecule has 0 fully saturated rings. The van der Waals surface area contributed by atoms with Gasteiger partial charge in [-0.05, 0) is 36.6 Å². The number of nitrogens with zero attached hydrogens (tertiary/aromatic N) is 4. The molecule has 0 N–H and O–H groups in total. The highest BCUT2D eigenvalue weighted by atomic mass is 16.5. The van der Waals surface area contributed by atoms with Gasteiger partial charge in [0.2, 0.25) is 0 Å². The summed E-state index contributed by atoms with van der Waals surface area (Å²) < 4.78 is 5.22. The number of aryl methyl sites for hydroxylation is 1. The van der Waals surface area contributed by atoms with Gasteiger partial charge < -0.3 is 9.64 Å². The number of carbonyl (C=O) groups is 2. The van der Waals surface area contributed by atoms with Crippen LogP contribution in [0.5, 0.6) is 0 Å². The topological polar surface area (TPSA) is 77.3 Å². The lowest BCUT2D eigenvalue weighted by Gasteiger charge is -2.28. The average Bonchev–Trinajstić information content (AvgIpc) is 3.14. The number of para-hydroxylation sites is 1. The standard InChI is InChI=1S/C21H20N4O3/c1-15-20(23-25(22-15)18-9-3-2-4-10-18)21(27)28-14-19(26)24-12-11-16-7-5-6-8-17(16)13-24/h2-10H,11-14H2,1H3. The molecule has 2 aromatic carbocycles. The minimum atomic E-state index is -0.648. The van der Waals surface area contributed by atoms with Crippen molar-refractivity contribution in [1.29, 1.82) is 0 Å². The summed E-state index contributed by atoms with van der Waals surface area (Å²) in [6.07, 6.45) is 0.806. The third-order valence-electron chi connectivity index (χ3n) is 4.77. The monoisotopic (exact) mass is 376 g/mol. The third kappa shape index (κ3) is 3.64. The van der Waals surface area contributed by atoms with Crippen LogP contribution < -0.4 is 0 Å².